The molecule has 2 rings (SSSR count). The van der Waals surface area contributed by atoms with Crippen molar-refractivity contribution < 1.29 is 14.7 Å². The van der Waals surface area contributed by atoms with E-state index in [1.165, 1.54) is 6.92 Å². The van der Waals surface area contributed by atoms with Crippen molar-refractivity contribution in [1.82, 2.24) is 0 Å². The molecule has 0 aromatic heterocycles. The maximum absolute atomic E-state index is 12.0. The van der Waals surface area contributed by atoms with Crippen molar-refractivity contribution in [3.8, 4) is 11.1 Å². The molecule has 0 bridgehead atoms. The second-order valence-electron chi connectivity index (χ2n) is 5.05. The van der Waals surface area contributed by atoms with Gasteiger partial charge in [-0.15, -0.1) is 0 Å². The summed E-state index contributed by atoms with van der Waals surface area (Å²) in [5.74, 6) is -0.936. The van der Waals surface area contributed by atoms with Crippen molar-refractivity contribution in [1.29, 1.82) is 0 Å². The average Bonchev–Trinajstić information content (AvgIpc) is 2.52. The van der Waals surface area contributed by atoms with Gasteiger partial charge in [-0.3, -0.25) is 9.59 Å². The number of nitrogens with zero attached hydrogens (tertiary/aromatic N) is 1. The molecule has 1 amide bonds. The Hall–Kier alpha value is -2.62. The van der Waals surface area contributed by atoms with Crippen LogP contribution in [0.15, 0.2) is 54.6 Å². The molecule has 0 aliphatic rings. The molecule has 114 valence electrons. The first kappa shape index (κ1) is 15.8. The third-order valence-corrected chi connectivity index (χ3v) is 3.43. The van der Waals surface area contributed by atoms with Gasteiger partial charge >= 0.3 is 5.97 Å². The number of hydrogen-bond acceptors (Lipinski definition) is 2. The van der Waals surface area contributed by atoms with Crippen molar-refractivity contribution in [3.05, 3.63) is 54.6 Å². The van der Waals surface area contributed by atoms with Gasteiger partial charge in [0, 0.05) is 25.5 Å². The van der Waals surface area contributed by atoms with E-state index in [1.807, 2.05) is 54.6 Å². The van der Waals surface area contributed by atoms with Gasteiger partial charge in [0.05, 0.1) is 5.69 Å². The summed E-state index contributed by atoms with van der Waals surface area (Å²) in [5.41, 5.74) is 2.81. The van der Waals surface area contributed by atoms with Gasteiger partial charge in [-0.25, -0.2) is 0 Å². The zero-order chi connectivity index (χ0) is 15.9. The van der Waals surface area contributed by atoms with Crippen LogP contribution in [0.1, 0.15) is 19.8 Å². The second kappa shape index (κ2) is 7.41. The van der Waals surface area contributed by atoms with Crippen LogP contribution >= 0.6 is 0 Å². The number of hydrogen-bond donors (Lipinski definition) is 1. The van der Waals surface area contributed by atoms with Gasteiger partial charge in [-0.2, -0.15) is 0 Å². The van der Waals surface area contributed by atoms with Crippen LogP contribution in [0.2, 0.25) is 0 Å². The van der Waals surface area contributed by atoms with Crippen LogP contribution in [0, 0.1) is 0 Å². The Labute approximate surface area is 130 Å². The lowest BCUT2D eigenvalue weighted by atomic mass is 10.0. The molecule has 0 atom stereocenters. The average molecular weight is 297 g/mol. The maximum atomic E-state index is 12.0. The van der Waals surface area contributed by atoms with Crippen molar-refractivity contribution in [3.63, 3.8) is 0 Å². The van der Waals surface area contributed by atoms with E-state index in [2.05, 4.69) is 0 Å². The molecule has 0 spiro atoms. The largest absolute Gasteiger partial charge is 0.481 e. The predicted molar refractivity (Wildman–Crippen MR) is 86.8 cm³/mol. The summed E-state index contributed by atoms with van der Waals surface area (Å²) in [4.78, 5) is 24.3. The molecule has 2 aromatic rings. The topological polar surface area (TPSA) is 57.6 Å². The molecule has 0 radical (unpaired) electrons. The van der Waals surface area contributed by atoms with Gasteiger partial charge in [0.15, 0.2) is 0 Å². The summed E-state index contributed by atoms with van der Waals surface area (Å²) in [7, 11) is 0. The highest BCUT2D eigenvalue weighted by Gasteiger charge is 2.16. The maximum Gasteiger partial charge on any atom is 0.303 e. The van der Waals surface area contributed by atoms with E-state index in [4.69, 9.17) is 5.11 Å². The summed E-state index contributed by atoms with van der Waals surface area (Å²) >= 11 is 0. The van der Waals surface area contributed by atoms with Gasteiger partial charge in [-0.1, -0.05) is 48.5 Å². The number of rotatable bonds is 6. The van der Waals surface area contributed by atoms with Crippen molar-refractivity contribution >= 4 is 17.6 Å². The van der Waals surface area contributed by atoms with E-state index >= 15 is 0 Å². The van der Waals surface area contributed by atoms with E-state index < -0.39 is 5.97 Å². The highest BCUT2D eigenvalue weighted by Crippen LogP contribution is 2.30. The van der Waals surface area contributed by atoms with Gasteiger partial charge in [0.1, 0.15) is 0 Å². The van der Waals surface area contributed by atoms with Crippen LogP contribution in [-0.4, -0.2) is 23.5 Å². The molecule has 0 aliphatic heterocycles. The predicted octanol–water partition coefficient (Wildman–Crippen LogP) is 3.57. The van der Waals surface area contributed by atoms with Gasteiger partial charge < -0.3 is 10.0 Å². The summed E-state index contributed by atoms with van der Waals surface area (Å²) in [6.07, 6.45) is 0.481. The number of anilines is 1. The Bertz CT molecular complexity index is 652. The van der Waals surface area contributed by atoms with Crippen LogP contribution < -0.4 is 4.90 Å². The molecule has 0 saturated heterocycles. The fourth-order valence-corrected chi connectivity index (χ4v) is 2.41. The molecule has 0 fully saturated rings. The Morgan fingerprint density at radius 1 is 1.00 bits per heavy atom. The Balaban J connectivity index is 2.32. The van der Waals surface area contributed by atoms with E-state index in [0.29, 0.717) is 13.0 Å². The summed E-state index contributed by atoms with van der Waals surface area (Å²) < 4.78 is 0. The minimum Gasteiger partial charge on any atom is -0.481 e. The fourth-order valence-electron chi connectivity index (χ4n) is 2.41. The number of para-hydroxylation sites is 1. The molecule has 22 heavy (non-hydrogen) atoms. The van der Waals surface area contributed by atoms with Crippen LogP contribution in [0.3, 0.4) is 0 Å². The van der Waals surface area contributed by atoms with E-state index in [9.17, 15) is 9.59 Å². The smallest absolute Gasteiger partial charge is 0.303 e. The fraction of sp³-hybridized carbons (Fsp3) is 0.222. The third kappa shape index (κ3) is 3.95. The summed E-state index contributed by atoms with van der Waals surface area (Å²) in [6, 6.07) is 17.5. The minimum atomic E-state index is -0.847. The minimum absolute atomic E-state index is 0.0529. The molecule has 0 saturated carbocycles. The summed E-state index contributed by atoms with van der Waals surface area (Å²) in [5, 5.41) is 8.76. The Morgan fingerprint density at radius 3 is 2.27 bits per heavy atom. The molecule has 4 nitrogen and oxygen atoms in total. The number of carbonyl (C=O) groups is 2. The Morgan fingerprint density at radius 2 is 1.64 bits per heavy atom. The first-order chi connectivity index (χ1) is 10.6. The molecule has 1 N–H and O–H groups in total. The van der Waals surface area contributed by atoms with E-state index in [1.54, 1.807) is 4.90 Å². The van der Waals surface area contributed by atoms with Gasteiger partial charge in [0.25, 0.3) is 0 Å². The van der Waals surface area contributed by atoms with Crippen LogP contribution in [0.4, 0.5) is 5.69 Å². The number of aliphatic carboxylic acids is 1. The Kier molecular flexibility index (Phi) is 5.31. The first-order valence-corrected chi connectivity index (χ1v) is 7.24. The van der Waals surface area contributed by atoms with Crippen LogP contribution in [0.25, 0.3) is 11.1 Å². The van der Waals surface area contributed by atoms with Gasteiger partial charge in [-0.05, 0) is 18.1 Å². The standard InChI is InChI=1S/C18H19NO3/c1-14(20)19(13-7-12-18(21)22)17-11-6-5-10-16(17)15-8-3-2-4-9-15/h2-6,8-11H,7,12-13H2,1H3,(H,21,22). The monoisotopic (exact) mass is 297 g/mol. The zero-order valence-electron chi connectivity index (χ0n) is 12.5. The number of carboxylic acid groups (broad SMARTS) is 1. The SMILES string of the molecule is CC(=O)N(CCCC(=O)O)c1ccccc1-c1ccccc1. The molecule has 4 heteroatoms. The number of carboxylic acids is 1. The number of carbonyl (C=O) groups excluding carboxylic acids is 1. The zero-order valence-corrected chi connectivity index (χ0v) is 12.5. The van der Waals surface area contributed by atoms with Crippen molar-refractivity contribution in [2.24, 2.45) is 0 Å². The molecular formula is C18H19NO3. The highest BCUT2D eigenvalue weighted by atomic mass is 16.4. The third-order valence-electron chi connectivity index (χ3n) is 3.43. The first-order valence-electron chi connectivity index (χ1n) is 7.24. The molecular weight excluding hydrogens is 278 g/mol. The quantitative estimate of drug-likeness (QED) is 0.886. The summed E-state index contributed by atoms with van der Waals surface area (Å²) in [6.45, 7) is 1.90. The molecule has 2 aromatic carbocycles. The van der Waals surface area contributed by atoms with Crippen LogP contribution in [0.5, 0.6) is 0 Å². The van der Waals surface area contributed by atoms with Crippen LogP contribution in [-0.2, 0) is 9.59 Å². The molecule has 0 aliphatic carbocycles. The molecule has 0 unspecified atom stereocenters. The lowest BCUT2D eigenvalue weighted by molar-refractivity contribution is -0.137. The van der Waals surface area contributed by atoms with Gasteiger partial charge in [0.2, 0.25) is 5.91 Å². The molecule has 0 heterocycles. The number of amides is 1. The lowest BCUT2D eigenvalue weighted by Crippen LogP contribution is -2.30. The highest BCUT2D eigenvalue weighted by molar-refractivity contribution is 5.96. The normalized spacial score (nSPS) is 10.2. The van der Waals surface area contributed by atoms with E-state index in [-0.39, 0.29) is 12.3 Å². The second-order valence-corrected chi connectivity index (χ2v) is 5.05. The number of benzene rings is 2. The van der Waals surface area contributed by atoms with Crippen molar-refractivity contribution in [2.75, 3.05) is 11.4 Å². The van der Waals surface area contributed by atoms with Crippen molar-refractivity contribution in [2.45, 2.75) is 19.8 Å². The van der Waals surface area contributed by atoms with E-state index in [0.717, 1.165) is 16.8 Å². The lowest BCUT2D eigenvalue weighted by Gasteiger charge is -2.24.